The summed E-state index contributed by atoms with van der Waals surface area (Å²) in [6.45, 7) is 5.90. The van der Waals surface area contributed by atoms with Gasteiger partial charge in [-0.2, -0.15) is 0 Å². The SMILES string of the molecule is Cc1noc(C)c1C(C)CNC(=O)c1ccsc1C(F)F. The fraction of sp³-hybridized carbons (Fsp3) is 0.429. The molecule has 7 heteroatoms. The molecule has 0 spiro atoms. The molecule has 0 bridgehead atoms. The number of rotatable bonds is 5. The number of aryl methyl sites for hydroxylation is 2. The predicted molar refractivity (Wildman–Crippen MR) is 76.0 cm³/mol. The largest absolute Gasteiger partial charge is 0.361 e. The number of amides is 1. The van der Waals surface area contributed by atoms with Crippen molar-refractivity contribution in [3.8, 4) is 0 Å². The summed E-state index contributed by atoms with van der Waals surface area (Å²) >= 11 is 0.887. The summed E-state index contributed by atoms with van der Waals surface area (Å²) in [5.41, 5.74) is 1.76. The minimum absolute atomic E-state index is 0.00571. The molecular weight excluding hydrogens is 298 g/mol. The van der Waals surface area contributed by atoms with E-state index in [2.05, 4.69) is 10.5 Å². The van der Waals surface area contributed by atoms with Crippen LogP contribution in [0.2, 0.25) is 0 Å². The number of nitrogens with zero attached hydrogens (tertiary/aromatic N) is 1. The number of hydrogen-bond acceptors (Lipinski definition) is 4. The van der Waals surface area contributed by atoms with Crippen LogP contribution in [0.15, 0.2) is 16.0 Å². The Hall–Kier alpha value is -1.76. The lowest BCUT2D eigenvalue weighted by molar-refractivity contribution is 0.0940. The molecule has 1 N–H and O–H groups in total. The van der Waals surface area contributed by atoms with Gasteiger partial charge in [0.1, 0.15) is 5.76 Å². The molecule has 0 fully saturated rings. The summed E-state index contributed by atoms with van der Waals surface area (Å²) in [4.78, 5) is 11.8. The smallest absolute Gasteiger partial charge is 0.273 e. The predicted octanol–water partition coefficient (Wildman–Crippen LogP) is 3.82. The highest BCUT2D eigenvalue weighted by atomic mass is 32.1. The molecule has 4 nitrogen and oxygen atoms in total. The molecule has 21 heavy (non-hydrogen) atoms. The highest BCUT2D eigenvalue weighted by Gasteiger charge is 2.21. The van der Waals surface area contributed by atoms with Gasteiger partial charge in [0.15, 0.2) is 0 Å². The van der Waals surface area contributed by atoms with E-state index < -0.39 is 12.3 Å². The van der Waals surface area contributed by atoms with Crippen LogP contribution in [0, 0.1) is 13.8 Å². The van der Waals surface area contributed by atoms with Gasteiger partial charge in [-0.3, -0.25) is 4.79 Å². The Morgan fingerprint density at radius 1 is 1.48 bits per heavy atom. The van der Waals surface area contributed by atoms with Gasteiger partial charge in [0, 0.05) is 18.0 Å². The van der Waals surface area contributed by atoms with Gasteiger partial charge in [0.05, 0.1) is 16.1 Å². The van der Waals surface area contributed by atoms with Crippen LogP contribution in [0.25, 0.3) is 0 Å². The minimum atomic E-state index is -2.63. The summed E-state index contributed by atoms with van der Waals surface area (Å²) in [6, 6.07) is 1.42. The van der Waals surface area contributed by atoms with Crippen molar-refractivity contribution in [2.75, 3.05) is 6.54 Å². The maximum absolute atomic E-state index is 12.8. The number of carbonyl (C=O) groups is 1. The van der Waals surface area contributed by atoms with E-state index in [1.165, 1.54) is 11.4 Å². The molecule has 0 radical (unpaired) electrons. The van der Waals surface area contributed by atoms with E-state index in [0.29, 0.717) is 12.3 Å². The quantitative estimate of drug-likeness (QED) is 0.912. The average Bonchev–Trinajstić information content (AvgIpc) is 3.03. The molecule has 114 valence electrons. The Balaban J connectivity index is 2.03. The normalized spacial score (nSPS) is 12.7. The van der Waals surface area contributed by atoms with Crippen molar-refractivity contribution in [2.24, 2.45) is 0 Å². The van der Waals surface area contributed by atoms with Crippen LogP contribution < -0.4 is 5.32 Å². The molecule has 0 aromatic carbocycles. The zero-order valence-electron chi connectivity index (χ0n) is 11.9. The van der Waals surface area contributed by atoms with E-state index in [4.69, 9.17) is 4.52 Å². The highest BCUT2D eigenvalue weighted by Crippen LogP contribution is 2.28. The second-order valence-corrected chi connectivity index (χ2v) is 5.80. The van der Waals surface area contributed by atoms with Gasteiger partial charge in [0.25, 0.3) is 12.3 Å². The van der Waals surface area contributed by atoms with Crippen LogP contribution in [-0.2, 0) is 0 Å². The molecule has 1 atom stereocenters. The number of nitrogens with one attached hydrogen (secondary N) is 1. The minimum Gasteiger partial charge on any atom is -0.361 e. The topological polar surface area (TPSA) is 55.1 Å². The Morgan fingerprint density at radius 3 is 2.76 bits per heavy atom. The third-order valence-electron chi connectivity index (χ3n) is 3.29. The van der Waals surface area contributed by atoms with Crippen LogP contribution >= 0.6 is 11.3 Å². The van der Waals surface area contributed by atoms with Crippen molar-refractivity contribution in [1.29, 1.82) is 0 Å². The number of aromatic nitrogens is 1. The molecule has 2 aromatic rings. The Morgan fingerprint density at radius 2 is 2.19 bits per heavy atom. The first-order chi connectivity index (χ1) is 9.91. The molecule has 1 amide bonds. The third kappa shape index (κ3) is 3.29. The van der Waals surface area contributed by atoms with Gasteiger partial charge < -0.3 is 9.84 Å². The highest BCUT2D eigenvalue weighted by molar-refractivity contribution is 7.10. The van der Waals surface area contributed by atoms with Gasteiger partial charge in [-0.1, -0.05) is 12.1 Å². The first-order valence-electron chi connectivity index (χ1n) is 6.48. The summed E-state index contributed by atoms with van der Waals surface area (Å²) in [5, 5.41) is 8.05. The maximum atomic E-state index is 12.8. The summed E-state index contributed by atoms with van der Waals surface area (Å²) in [5.74, 6) is 0.219. The molecule has 0 aliphatic rings. The van der Waals surface area contributed by atoms with Crippen molar-refractivity contribution < 1.29 is 18.1 Å². The van der Waals surface area contributed by atoms with Gasteiger partial charge in [-0.25, -0.2) is 8.78 Å². The second-order valence-electron chi connectivity index (χ2n) is 4.85. The zero-order chi connectivity index (χ0) is 15.6. The average molecular weight is 314 g/mol. The van der Waals surface area contributed by atoms with E-state index in [9.17, 15) is 13.6 Å². The first kappa shape index (κ1) is 15.6. The monoisotopic (exact) mass is 314 g/mol. The van der Waals surface area contributed by atoms with Gasteiger partial charge >= 0.3 is 0 Å². The molecular formula is C14H16F2N2O2S. The van der Waals surface area contributed by atoms with Crippen molar-refractivity contribution in [2.45, 2.75) is 33.1 Å². The number of carbonyl (C=O) groups excluding carboxylic acids is 1. The van der Waals surface area contributed by atoms with Crippen LogP contribution in [0.1, 0.15) is 51.5 Å². The maximum Gasteiger partial charge on any atom is 0.273 e. The molecule has 2 aromatic heterocycles. The lowest BCUT2D eigenvalue weighted by Crippen LogP contribution is -2.28. The number of hydrogen-bond donors (Lipinski definition) is 1. The Labute approximate surface area is 125 Å². The Bertz CT molecular complexity index is 617. The molecule has 0 aliphatic heterocycles. The molecule has 2 rings (SSSR count). The summed E-state index contributed by atoms with van der Waals surface area (Å²) < 4.78 is 30.6. The van der Waals surface area contributed by atoms with E-state index in [1.54, 1.807) is 6.92 Å². The lowest BCUT2D eigenvalue weighted by Gasteiger charge is -2.12. The molecule has 0 saturated carbocycles. The number of alkyl halides is 2. The van der Waals surface area contributed by atoms with E-state index in [1.807, 2.05) is 13.8 Å². The standard InChI is InChI=1S/C14H16F2N2O2S/c1-7(11-8(2)18-20-9(11)3)6-17-14(19)10-4-5-21-12(10)13(15)16/h4-5,7,13H,6H2,1-3H3,(H,17,19). The second kappa shape index (κ2) is 6.34. The fourth-order valence-corrected chi connectivity index (χ4v) is 3.06. The molecule has 0 aliphatic carbocycles. The van der Waals surface area contributed by atoms with E-state index in [-0.39, 0.29) is 16.4 Å². The first-order valence-corrected chi connectivity index (χ1v) is 7.36. The van der Waals surface area contributed by atoms with Crippen LogP contribution in [0.5, 0.6) is 0 Å². The van der Waals surface area contributed by atoms with Crippen LogP contribution in [0.4, 0.5) is 8.78 Å². The van der Waals surface area contributed by atoms with Crippen molar-refractivity contribution in [3.05, 3.63) is 38.9 Å². The summed E-state index contributed by atoms with van der Waals surface area (Å²) in [7, 11) is 0. The van der Waals surface area contributed by atoms with Gasteiger partial charge in [-0.05, 0) is 25.3 Å². The van der Waals surface area contributed by atoms with E-state index >= 15 is 0 Å². The van der Waals surface area contributed by atoms with Gasteiger partial charge in [-0.15, -0.1) is 11.3 Å². The van der Waals surface area contributed by atoms with Crippen molar-refractivity contribution >= 4 is 17.2 Å². The zero-order valence-corrected chi connectivity index (χ0v) is 12.8. The lowest BCUT2D eigenvalue weighted by atomic mass is 9.99. The van der Waals surface area contributed by atoms with Crippen LogP contribution in [0.3, 0.4) is 0 Å². The van der Waals surface area contributed by atoms with Crippen molar-refractivity contribution in [1.82, 2.24) is 10.5 Å². The number of halogens is 2. The van der Waals surface area contributed by atoms with Crippen LogP contribution in [-0.4, -0.2) is 17.6 Å². The Kier molecular flexibility index (Phi) is 4.72. The molecule has 1 unspecified atom stereocenters. The van der Waals surface area contributed by atoms with Crippen molar-refractivity contribution in [3.63, 3.8) is 0 Å². The number of thiophene rings is 1. The molecule has 0 saturated heterocycles. The summed E-state index contributed by atoms with van der Waals surface area (Å²) in [6.07, 6.45) is -2.63. The fourth-order valence-electron chi connectivity index (χ4n) is 2.31. The van der Waals surface area contributed by atoms with Gasteiger partial charge in [0.2, 0.25) is 0 Å². The molecule has 2 heterocycles. The third-order valence-corrected chi connectivity index (χ3v) is 4.21. The van der Waals surface area contributed by atoms with E-state index in [0.717, 1.165) is 22.6 Å².